The second-order valence-electron chi connectivity index (χ2n) is 18.9. The van der Waals surface area contributed by atoms with Crippen LogP contribution in [-0.4, -0.2) is 154 Å². The average Bonchev–Trinajstić information content (AvgIpc) is 3.75. The lowest BCUT2D eigenvalue weighted by molar-refractivity contribution is -0.193. The predicted octanol–water partition coefficient (Wildman–Crippen LogP) is 5.22. The molecule has 0 unspecified atom stereocenters. The molecule has 2 aliphatic heterocycles. The first-order chi connectivity index (χ1) is 37.5. The maximum atomic E-state index is 12.9. The fraction of sp³-hybridized carbons (Fsp3) is 0.564. The van der Waals surface area contributed by atoms with Crippen LogP contribution in [0.4, 0.5) is 23.4 Å². The summed E-state index contributed by atoms with van der Waals surface area (Å²) in [5.74, 6) is 2.48. The zero-order valence-corrected chi connectivity index (χ0v) is 47.3. The van der Waals surface area contributed by atoms with Crippen LogP contribution in [0, 0.1) is 6.92 Å². The molecule has 6 rings (SSSR count). The van der Waals surface area contributed by atoms with Crippen LogP contribution in [0.3, 0.4) is 0 Å². The lowest BCUT2D eigenvalue weighted by atomic mass is 9.99. The number of aromatic nitrogens is 4. The highest BCUT2D eigenvalue weighted by Gasteiger charge is 2.32. The lowest BCUT2D eigenvalue weighted by Crippen LogP contribution is -2.38. The smallest absolute Gasteiger partial charge is 0.373 e. The van der Waals surface area contributed by atoms with Crippen molar-refractivity contribution in [2.24, 2.45) is 0 Å². The molecule has 0 bridgehead atoms. The molecule has 2 aromatic heterocycles. The molecule has 23 heteroatoms. The van der Waals surface area contributed by atoms with Gasteiger partial charge in [-0.25, -0.2) is 13.4 Å². The molecule has 0 spiro atoms. The molecule has 0 radical (unpaired) electrons. The van der Waals surface area contributed by atoms with Gasteiger partial charge >= 0.3 is 24.3 Å². The van der Waals surface area contributed by atoms with Crippen molar-refractivity contribution in [1.29, 1.82) is 0 Å². The quantitative estimate of drug-likeness (QED) is 0.0485. The third-order valence-electron chi connectivity index (χ3n) is 12.8. The summed E-state index contributed by atoms with van der Waals surface area (Å²) in [6, 6.07) is 14.4. The Morgan fingerprint density at radius 2 is 1.56 bits per heavy atom. The monoisotopic (exact) mass is 1100 g/mol. The lowest BCUT2D eigenvalue weighted by Gasteiger charge is -2.29. The summed E-state index contributed by atoms with van der Waals surface area (Å²) < 4.78 is 45.1. The molecule has 78 heavy (non-hydrogen) atoms. The number of aryl methyl sites for hydroxylation is 2. The topological polar surface area (TPSA) is 299 Å². The van der Waals surface area contributed by atoms with Crippen LogP contribution in [0.25, 0.3) is 0 Å². The number of morpholine rings is 1. The van der Waals surface area contributed by atoms with Gasteiger partial charge in [-0.1, -0.05) is 82.0 Å². The molecule has 1 atom stereocenters. The average molecular weight is 1110 g/mol. The molecule has 4 heterocycles. The van der Waals surface area contributed by atoms with E-state index >= 15 is 0 Å². The Hall–Kier alpha value is -6.87. The Labute approximate surface area is 459 Å². The van der Waals surface area contributed by atoms with E-state index in [2.05, 4.69) is 67.1 Å². The Morgan fingerprint density at radius 1 is 0.885 bits per heavy atom. The molecular weight excluding hydrogens is 1020 g/mol. The van der Waals surface area contributed by atoms with Crippen molar-refractivity contribution < 1.29 is 56.1 Å². The fourth-order valence-electron chi connectivity index (χ4n) is 8.90. The van der Waals surface area contributed by atoms with Gasteiger partial charge in [0.15, 0.2) is 0 Å². The van der Waals surface area contributed by atoms with Crippen molar-refractivity contribution in [2.45, 2.75) is 117 Å². The molecule has 4 aromatic rings. The van der Waals surface area contributed by atoms with E-state index in [0.717, 1.165) is 137 Å². The zero-order chi connectivity index (χ0) is 57.5. The summed E-state index contributed by atoms with van der Waals surface area (Å²) in [6.45, 7) is 16.4. The maximum absolute atomic E-state index is 12.9. The molecular formula is C55H80N10O12S. The third-order valence-corrected chi connectivity index (χ3v) is 13.8. The summed E-state index contributed by atoms with van der Waals surface area (Å²) in [7, 11) is 0.0315. The number of amides is 1. The highest BCUT2D eigenvalue weighted by molar-refractivity contribution is 7.90. The highest BCUT2D eigenvalue weighted by Crippen LogP contribution is 2.33. The van der Waals surface area contributed by atoms with E-state index in [1.807, 2.05) is 38.1 Å². The summed E-state index contributed by atoms with van der Waals surface area (Å²) >= 11 is 0. The van der Waals surface area contributed by atoms with Crippen LogP contribution in [0.5, 0.6) is 11.8 Å². The number of esters is 1. The molecule has 5 N–H and O–H groups in total. The molecule has 1 fully saturated rings. The van der Waals surface area contributed by atoms with Crippen molar-refractivity contribution in [2.75, 3.05) is 107 Å². The van der Waals surface area contributed by atoms with Crippen LogP contribution in [0.15, 0.2) is 42.5 Å². The number of ether oxygens (including phenoxy) is 4. The van der Waals surface area contributed by atoms with Gasteiger partial charge in [-0.2, -0.15) is 34.1 Å². The van der Waals surface area contributed by atoms with Gasteiger partial charge in [0.25, 0.3) is 0 Å². The Kier molecular flexibility index (Phi) is 29.8. The normalized spacial score (nSPS) is 13.3. The van der Waals surface area contributed by atoms with Crippen LogP contribution >= 0.6 is 0 Å². The zero-order valence-electron chi connectivity index (χ0n) is 46.5. The van der Waals surface area contributed by atoms with Gasteiger partial charge in [0.1, 0.15) is 33.0 Å². The first kappa shape index (κ1) is 65.4. The van der Waals surface area contributed by atoms with Crippen molar-refractivity contribution >= 4 is 57.4 Å². The van der Waals surface area contributed by atoms with Crippen molar-refractivity contribution in [3.63, 3.8) is 0 Å². The highest BCUT2D eigenvalue weighted by atomic mass is 32.2. The number of rotatable bonds is 28. The van der Waals surface area contributed by atoms with E-state index in [-0.39, 0.29) is 60.8 Å². The number of carbonyl (C=O) groups is 2. The van der Waals surface area contributed by atoms with E-state index in [1.54, 1.807) is 12.0 Å². The third kappa shape index (κ3) is 23.4. The van der Waals surface area contributed by atoms with Crippen molar-refractivity contribution in [3.8, 4) is 11.8 Å². The Bertz CT molecular complexity index is 2670. The van der Waals surface area contributed by atoms with Gasteiger partial charge in [-0.15, -0.1) is 0 Å². The van der Waals surface area contributed by atoms with Crippen LogP contribution in [-0.2, 0) is 80.3 Å². The second kappa shape index (κ2) is 35.5. The van der Waals surface area contributed by atoms with E-state index in [4.69, 9.17) is 49.6 Å². The number of anilines is 4. The SMILES string of the molecule is CCCCOc1nc(N)c2c(n1)N(CCCN(CCCN1CCOCC1)Cc1cccc(CC(=O)OC)c1)C(=O)C2.CCCC[C@@H](CCS(C)(=O)=O)Nc1nc(N)nc(CC)c1Cc1cc(C)ccc1OC.O=C=O.O=C=O. The first-order valence-electron chi connectivity index (χ1n) is 26.4. The summed E-state index contributed by atoms with van der Waals surface area (Å²) in [6.07, 6.45) is 10.7. The van der Waals surface area contributed by atoms with E-state index in [9.17, 15) is 18.0 Å². The fourth-order valence-corrected chi connectivity index (χ4v) is 9.61. The number of hydrogen-bond donors (Lipinski definition) is 3. The number of nitrogens with one attached hydrogen (secondary N) is 1. The van der Waals surface area contributed by atoms with Crippen LogP contribution in [0.2, 0.25) is 0 Å². The van der Waals surface area contributed by atoms with Gasteiger partial charge in [-0.3, -0.25) is 24.3 Å². The number of hydrogen-bond acceptors (Lipinski definition) is 21. The van der Waals surface area contributed by atoms with Crippen molar-refractivity contribution in [3.05, 3.63) is 81.5 Å². The summed E-state index contributed by atoms with van der Waals surface area (Å²) in [5.41, 5.74) is 19.0. The maximum Gasteiger partial charge on any atom is 0.373 e. The minimum absolute atomic E-state index is 0.00756. The summed E-state index contributed by atoms with van der Waals surface area (Å²) in [4.78, 5) is 81.6. The molecule has 2 aromatic carbocycles. The van der Waals surface area contributed by atoms with Crippen LogP contribution < -0.4 is 31.2 Å². The second-order valence-corrected chi connectivity index (χ2v) is 21.2. The number of nitrogen functional groups attached to an aromatic ring is 2. The standard InChI is InChI=1S/C30H44N6O5.C23H36N4O3S.2CO2/c1-3-4-16-41-30-32-28(31)25-21-26(37)36(29(25)33-30)13-7-12-35(11-6-10-34-14-17-40-18-15-34)22-24-9-5-8-23(19-24)20-27(38)39-2;1-6-8-9-18(12-13-31(5,28)29)25-22-19(20(7-2)26-23(24)27-22)15-17-14-16(3)10-11-21(17)30-4;2*2-1-3/h5,8-9,19H,3-4,6-7,10-18,20-22H2,1-2H3,(H2,31,32,33);10-11,14,18H,6-9,12-13,15H2,1-5H3,(H3,24,25,26,27);;/t;18-;;/m.0../s1. The van der Waals surface area contributed by atoms with Crippen molar-refractivity contribution in [1.82, 2.24) is 29.7 Å². The van der Waals surface area contributed by atoms with Gasteiger partial charge < -0.3 is 35.7 Å². The molecule has 22 nitrogen and oxygen atoms in total. The Morgan fingerprint density at radius 3 is 2.21 bits per heavy atom. The van der Waals surface area contributed by atoms with Gasteiger partial charge in [0.2, 0.25) is 11.9 Å². The largest absolute Gasteiger partial charge is 0.496 e. The molecule has 2 aliphatic rings. The summed E-state index contributed by atoms with van der Waals surface area (Å²) in [5, 5.41) is 3.51. The number of benzene rings is 2. The first-order valence-corrected chi connectivity index (χ1v) is 28.5. The molecule has 0 saturated carbocycles. The van der Waals surface area contributed by atoms with Gasteiger partial charge in [-0.05, 0) is 81.3 Å². The van der Waals surface area contributed by atoms with Crippen LogP contribution in [0.1, 0.15) is 111 Å². The van der Waals surface area contributed by atoms with E-state index < -0.39 is 9.84 Å². The number of nitrogens with zero attached hydrogens (tertiary/aromatic N) is 7. The number of sulfone groups is 1. The minimum Gasteiger partial charge on any atom is -0.496 e. The van der Waals surface area contributed by atoms with Gasteiger partial charge in [0, 0.05) is 62.6 Å². The number of unbranched alkanes of at least 4 members (excludes halogenated alkanes) is 2. The van der Waals surface area contributed by atoms with Gasteiger partial charge in [0.05, 0.1) is 58.3 Å². The number of methoxy groups -OCH3 is 2. The molecule has 428 valence electrons. The predicted molar refractivity (Wildman–Crippen MR) is 294 cm³/mol. The number of carbonyl (C=O) groups excluding carboxylic acids is 6. The number of fused-ring (bicyclic) bond motifs is 1. The molecule has 1 saturated heterocycles. The molecule has 0 aliphatic carbocycles. The Balaban J connectivity index is 0.000000385. The van der Waals surface area contributed by atoms with E-state index in [1.165, 1.54) is 13.4 Å². The minimum atomic E-state index is -3.04. The molecule has 1 amide bonds. The van der Waals surface area contributed by atoms with E-state index in [0.29, 0.717) is 55.4 Å². The number of nitrogens with two attached hydrogens (primary N) is 2.